The van der Waals surface area contributed by atoms with Crippen LogP contribution in [0.25, 0.3) is 5.69 Å². The van der Waals surface area contributed by atoms with Gasteiger partial charge in [-0.2, -0.15) is 0 Å². The molecule has 0 aliphatic heterocycles. The van der Waals surface area contributed by atoms with Gasteiger partial charge in [-0.25, -0.2) is 9.48 Å². The maximum Gasteiger partial charge on any atom is 0.347 e. The number of aromatic nitrogens is 4. The second-order valence-electron chi connectivity index (χ2n) is 4.85. The third kappa shape index (κ3) is 2.48. The van der Waals surface area contributed by atoms with E-state index in [0.29, 0.717) is 17.1 Å². The average Bonchev–Trinajstić information content (AvgIpc) is 3.09. The fourth-order valence-electron chi connectivity index (χ4n) is 2.20. The lowest BCUT2D eigenvalue weighted by Crippen LogP contribution is -2.10. The van der Waals surface area contributed by atoms with Crippen molar-refractivity contribution in [2.45, 2.75) is 20.8 Å². The van der Waals surface area contributed by atoms with Gasteiger partial charge in [-0.05, 0) is 55.5 Å². The van der Waals surface area contributed by atoms with E-state index in [1.807, 2.05) is 13.8 Å². The summed E-state index contributed by atoms with van der Waals surface area (Å²) in [6, 6.07) is 6.90. The van der Waals surface area contributed by atoms with Gasteiger partial charge in [0, 0.05) is 5.56 Å². The van der Waals surface area contributed by atoms with Gasteiger partial charge >= 0.3 is 5.97 Å². The van der Waals surface area contributed by atoms with Gasteiger partial charge < -0.3 is 9.15 Å². The quantitative estimate of drug-likeness (QED) is 0.545. The monoisotopic (exact) mass is 298 g/mol. The number of aryl methyl sites for hydroxylation is 2. The van der Waals surface area contributed by atoms with Crippen molar-refractivity contribution in [1.29, 1.82) is 0 Å². The minimum Gasteiger partial charge on any atom is -0.465 e. The van der Waals surface area contributed by atoms with Crippen molar-refractivity contribution in [3.05, 3.63) is 53.2 Å². The molecular formula is C15H14N4O3. The minimum absolute atomic E-state index is 0.429. The molecule has 0 bridgehead atoms. The summed E-state index contributed by atoms with van der Waals surface area (Å²) in [7, 11) is 0. The number of tetrazole rings is 1. The Morgan fingerprint density at radius 2 is 1.86 bits per heavy atom. The number of carbonyl (C=O) groups excluding carboxylic acids is 1. The summed E-state index contributed by atoms with van der Waals surface area (Å²) in [5.41, 5.74) is 2.05. The number of furan rings is 1. The standard InChI is InChI=1S/C15H14N4O3/c1-9-10(2)21-11(3)14(9)15(20)22-13-6-4-12(5-7-13)19-8-16-17-18-19/h4-8H,1-3H3. The summed E-state index contributed by atoms with van der Waals surface area (Å²) in [5, 5.41) is 10.9. The Balaban J connectivity index is 1.80. The molecule has 0 radical (unpaired) electrons. The molecule has 0 amide bonds. The molecule has 0 spiro atoms. The highest BCUT2D eigenvalue weighted by molar-refractivity contribution is 5.93. The number of benzene rings is 1. The van der Waals surface area contributed by atoms with E-state index >= 15 is 0 Å². The number of carbonyl (C=O) groups is 1. The van der Waals surface area contributed by atoms with E-state index in [1.54, 1.807) is 31.2 Å². The van der Waals surface area contributed by atoms with Crippen molar-refractivity contribution >= 4 is 5.97 Å². The Kier molecular flexibility index (Phi) is 3.46. The van der Waals surface area contributed by atoms with Crippen LogP contribution >= 0.6 is 0 Å². The highest BCUT2D eigenvalue weighted by atomic mass is 16.5. The van der Waals surface area contributed by atoms with Crippen LogP contribution in [0.2, 0.25) is 0 Å². The molecule has 3 aromatic rings. The molecule has 0 saturated heterocycles. The van der Waals surface area contributed by atoms with Crippen LogP contribution in [-0.4, -0.2) is 26.2 Å². The molecule has 22 heavy (non-hydrogen) atoms. The SMILES string of the molecule is Cc1oc(C)c(C(=O)Oc2ccc(-n3cnnn3)cc2)c1C. The first-order valence-corrected chi connectivity index (χ1v) is 6.68. The van der Waals surface area contributed by atoms with Crippen LogP contribution in [0.5, 0.6) is 5.75 Å². The second kappa shape index (κ2) is 5.44. The minimum atomic E-state index is -0.429. The molecule has 0 aliphatic rings. The zero-order valence-corrected chi connectivity index (χ0v) is 12.4. The van der Waals surface area contributed by atoms with Gasteiger partial charge in [-0.3, -0.25) is 0 Å². The van der Waals surface area contributed by atoms with Crippen molar-refractivity contribution in [1.82, 2.24) is 20.2 Å². The molecule has 0 N–H and O–H groups in total. The molecule has 0 fully saturated rings. The second-order valence-corrected chi connectivity index (χ2v) is 4.85. The van der Waals surface area contributed by atoms with Crippen molar-refractivity contribution in [3.8, 4) is 11.4 Å². The molecule has 0 atom stereocenters. The number of esters is 1. The topological polar surface area (TPSA) is 83.0 Å². The first kappa shape index (κ1) is 14.0. The fourth-order valence-corrected chi connectivity index (χ4v) is 2.20. The average molecular weight is 298 g/mol. The van der Waals surface area contributed by atoms with Crippen LogP contribution in [-0.2, 0) is 0 Å². The van der Waals surface area contributed by atoms with Gasteiger partial charge in [0.15, 0.2) is 0 Å². The highest BCUT2D eigenvalue weighted by Gasteiger charge is 2.20. The summed E-state index contributed by atoms with van der Waals surface area (Å²) in [6.07, 6.45) is 1.49. The summed E-state index contributed by atoms with van der Waals surface area (Å²) in [5.74, 6) is 1.30. The zero-order valence-electron chi connectivity index (χ0n) is 12.4. The predicted molar refractivity (Wildman–Crippen MR) is 77.0 cm³/mol. The summed E-state index contributed by atoms with van der Waals surface area (Å²) in [6.45, 7) is 5.40. The Morgan fingerprint density at radius 3 is 2.41 bits per heavy atom. The van der Waals surface area contributed by atoms with E-state index in [1.165, 1.54) is 11.0 Å². The van der Waals surface area contributed by atoms with Crippen LogP contribution in [0.4, 0.5) is 0 Å². The summed E-state index contributed by atoms with van der Waals surface area (Å²) >= 11 is 0. The number of rotatable bonds is 3. The molecule has 2 heterocycles. The molecule has 3 rings (SSSR count). The highest BCUT2D eigenvalue weighted by Crippen LogP contribution is 2.23. The molecule has 0 unspecified atom stereocenters. The maximum absolute atomic E-state index is 12.3. The number of ether oxygens (including phenoxy) is 1. The number of nitrogens with zero attached hydrogens (tertiary/aromatic N) is 4. The van der Waals surface area contributed by atoms with Gasteiger partial charge in [0.05, 0.1) is 5.69 Å². The summed E-state index contributed by atoms with van der Waals surface area (Å²) < 4.78 is 12.3. The smallest absolute Gasteiger partial charge is 0.347 e. The fraction of sp³-hybridized carbons (Fsp3) is 0.200. The Morgan fingerprint density at radius 1 is 1.14 bits per heavy atom. The van der Waals surface area contributed by atoms with E-state index in [0.717, 1.165) is 17.0 Å². The Hall–Kier alpha value is -2.96. The molecule has 1 aromatic carbocycles. The normalized spacial score (nSPS) is 10.7. The van der Waals surface area contributed by atoms with Crippen LogP contribution in [0, 0.1) is 20.8 Å². The predicted octanol–water partition coefficient (Wildman–Crippen LogP) is 2.40. The van der Waals surface area contributed by atoms with Gasteiger partial charge in [-0.15, -0.1) is 5.10 Å². The lowest BCUT2D eigenvalue weighted by atomic mass is 10.1. The van der Waals surface area contributed by atoms with Gasteiger partial charge in [0.1, 0.15) is 29.2 Å². The Labute approximate surface area is 126 Å². The lowest BCUT2D eigenvalue weighted by Gasteiger charge is -2.05. The van der Waals surface area contributed by atoms with Crippen LogP contribution < -0.4 is 4.74 Å². The molecule has 0 aliphatic carbocycles. The maximum atomic E-state index is 12.3. The van der Waals surface area contributed by atoms with Crippen molar-refractivity contribution in [2.75, 3.05) is 0 Å². The number of hydrogen-bond acceptors (Lipinski definition) is 6. The van der Waals surface area contributed by atoms with Crippen LogP contribution in [0.15, 0.2) is 35.0 Å². The zero-order chi connectivity index (χ0) is 15.7. The van der Waals surface area contributed by atoms with Crippen molar-refractivity contribution in [2.24, 2.45) is 0 Å². The lowest BCUT2D eigenvalue weighted by molar-refractivity contribution is 0.0732. The van der Waals surface area contributed by atoms with Gasteiger partial charge in [0.2, 0.25) is 0 Å². The van der Waals surface area contributed by atoms with Crippen LogP contribution in [0.1, 0.15) is 27.4 Å². The summed E-state index contributed by atoms with van der Waals surface area (Å²) in [4.78, 5) is 12.3. The molecule has 7 heteroatoms. The van der Waals surface area contributed by atoms with E-state index in [9.17, 15) is 4.79 Å². The van der Waals surface area contributed by atoms with Gasteiger partial charge in [-0.1, -0.05) is 0 Å². The molecule has 2 aromatic heterocycles. The van der Waals surface area contributed by atoms with Crippen LogP contribution in [0.3, 0.4) is 0 Å². The first-order valence-electron chi connectivity index (χ1n) is 6.68. The number of hydrogen-bond donors (Lipinski definition) is 0. The molecule has 112 valence electrons. The third-order valence-corrected chi connectivity index (χ3v) is 3.43. The van der Waals surface area contributed by atoms with Gasteiger partial charge in [0.25, 0.3) is 0 Å². The van der Waals surface area contributed by atoms with E-state index in [-0.39, 0.29) is 0 Å². The van der Waals surface area contributed by atoms with Crippen molar-refractivity contribution in [3.63, 3.8) is 0 Å². The molecule has 7 nitrogen and oxygen atoms in total. The first-order chi connectivity index (χ1) is 10.6. The molecule has 0 saturated carbocycles. The largest absolute Gasteiger partial charge is 0.465 e. The Bertz CT molecular complexity index is 804. The van der Waals surface area contributed by atoms with Crippen molar-refractivity contribution < 1.29 is 13.9 Å². The third-order valence-electron chi connectivity index (χ3n) is 3.43. The van der Waals surface area contributed by atoms with E-state index in [4.69, 9.17) is 9.15 Å². The molecular weight excluding hydrogens is 284 g/mol. The van der Waals surface area contributed by atoms with E-state index < -0.39 is 5.97 Å². The van der Waals surface area contributed by atoms with E-state index in [2.05, 4.69) is 15.5 Å².